The molecule has 0 aliphatic carbocycles. The number of benzene rings is 1. The Kier molecular flexibility index (Phi) is 4.91. The molecule has 1 aliphatic heterocycles. The maximum absolute atomic E-state index is 13.7. The third-order valence-electron chi connectivity index (χ3n) is 3.84. The lowest BCUT2D eigenvalue weighted by Gasteiger charge is -2.41. The van der Waals surface area contributed by atoms with Crippen LogP contribution < -0.4 is 5.73 Å². The highest BCUT2D eigenvalue weighted by Crippen LogP contribution is 2.30. The molecule has 1 fully saturated rings. The Balaban J connectivity index is 2.11. The summed E-state index contributed by atoms with van der Waals surface area (Å²) in [5.74, 6) is -0.198. The van der Waals surface area contributed by atoms with Crippen molar-refractivity contribution in [1.82, 2.24) is 0 Å². The minimum atomic E-state index is -0.380. The first-order valence-electron chi connectivity index (χ1n) is 6.88. The third-order valence-corrected chi connectivity index (χ3v) is 3.84. The van der Waals surface area contributed by atoms with Gasteiger partial charge < -0.3 is 15.2 Å². The van der Waals surface area contributed by atoms with E-state index in [1.54, 1.807) is 12.1 Å². The van der Waals surface area contributed by atoms with Gasteiger partial charge in [0.1, 0.15) is 5.82 Å². The molecule has 0 spiro atoms. The second kappa shape index (κ2) is 6.46. The summed E-state index contributed by atoms with van der Waals surface area (Å²) in [6, 6.07) is 6.57. The van der Waals surface area contributed by atoms with Crippen LogP contribution in [0.3, 0.4) is 0 Å². The normalized spacial score (nSPS) is 20.2. The topological polar surface area (TPSA) is 44.5 Å². The lowest BCUT2D eigenvalue weighted by molar-refractivity contribution is -0.120. The van der Waals surface area contributed by atoms with Gasteiger partial charge in [-0.3, -0.25) is 0 Å². The highest BCUT2D eigenvalue weighted by atomic mass is 19.1. The Hall–Kier alpha value is -0.970. The van der Waals surface area contributed by atoms with E-state index in [1.165, 1.54) is 6.07 Å². The minimum Gasteiger partial charge on any atom is -0.381 e. The van der Waals surface area contributed by atoms with Gasteiger partial charge >= 0.3 is 0 Å². The highest BCUT2D eigenvalue weighted by molar-refractivity contribution is 5.19. The van der Waals surface area contributed by atoms with Gasteiger partial charge in [0.05, 0.1) is 5.60 Å². The first-order valence-corrected chi connectivity index (χ1v) is 6.88. The van der Waals surface area contributed by atoms with Crippen LogP contribution in [0.25, 0.3) is 0 Å². The zero-order valence-corrected chi connectivity index (χ0v) is 11.4. The van der Waals surface area contributed by atoms with Crippen molar-refractivity contribution in [2.45, 2.75) is 37.8 Å². The first kappa shape index (κ1) is 14.4. The van der Waals surface area contributed by atoms with Gasteiger partial charge in [0.15, 0.2) is 0 Å². The predicted molar refractivity (Wildman–Crippen MR) is 72.5 cm³/mol. The zero-order valence-electron chi connectivity index (χ0n) is 11.4. The lowest BCUT2D eigenvalue weighted by atomic mass is 9.83. The van der Waals surface area contributed by atoms with Crippen LogP contribution in [-0.2, 0) is 15.9 Å². The molecule has 1 saturated heterocycles. The predicted octanol–water partition coefficient (Wildman–Crippen LogP) is 2.28. The standard InChI is InChI=1S/C15H22FNO2/c1-2-19-15(7-9-18-10-8-15)14(17)11-12-5-3-4-6-13(12)16/h3-6,14H,2,7-11,17H2,1H3. The molecule has 19 heavy (non-hydrogen) atoms. The Morgan fingerprint density at radius 2 is 2.05 bits per heavy atom. The van der Waals surface area contributed by atoms with Gasteiger partial charge in [-0.1, -0.05) is 18.2 Å². The summed E-state index contributed by atoms with van der Waals surface area (Å²) in [5, 5.41) is 0. The summed E-state index contributed by atoms with van der Waals surface area (Å²) in [6.45, 7) is 3.90. The van der Waals surface area contributed by atoms with Crippen LogP contribution in [0.5, 0.6) is 0 Å². The summed E-state index contributed by atoms with van der Waals surface area (Å²) in [6.07, 6.45) is 2.04. The summed E-state index contributed by atoms with van der Waals surface area (Å²) in [5.41, 5.74) is 6.60. The first-order chi connectivity index (χ1) is 9.18. The fraction of sp³-hybridized carbons (Fsp3) is 0.600. The molecule has 1 aromatic rings. The van der Waals surface area contributed by atoms with Crippen molar-refractivity contribution in [2.24, 2.45) is 5.73 Å². The smallest absolute Gasteiger partial charge is 0.126 e. The van der Waals surface area contributed by atoms with Crippen LogP contribution in [0.1, 0.15) is 25.3 Å². The van der Waals surface area contributed by atoms with E-state index in [2.05, 4.69) is 0 Å². The van der Waals surface area contributed by atoms with Gasteiger partial charge in [0, 0.05) is 38.7 Å². The number of hydrogen-bond donors (Lipinski definition) is 1. The Bertz CT molecular complexity index is 399. The van der Waals surface area contributed by atoms with Gasteiger partial charge in [-0.15, -0.1) is 0 Å². The van der Waals surface area contributed by atoms with Crippen LogP contribution in [-0.4, -0.2) is 31.5 Å². The van der Waals surface area contributed by atoms with Crippen LogP contribution in [0.4, 0.5) is 4.39 Å². The fourth-order valence-electron chi connectivity index (χ4n) is 2.71. The molecule has 3 nitrogen and oxygen atoms in total. The average molecular weight is 267 g/mol. The molecule has 0 radical (unpaired) electrons. The van der Waals surface area contributed by atoms with Gasteiger partial charge in [-0.2, -0.15) is 0 Å². The van der Waals surface area contributed by atoms with Gasteiger partial charge in [0.2, 0.25) is 0 Å². The molecule has 1 aromatic carbocycles. The van der Waals surface area contributed by atoms with E-state index in [1.807, 2.05) is 13.0 Å². The molecule has 106 valence electrons. The second-order valence-corrected chi connectivity index (χ2v) is 5.01. The molecule has 1 heterocycles. The summed E-state index contributed by atoms with van der Waals surface area (Å²) in [4.78, 5) is 0. The zero-order chi connectivity index (χ0) is 13.7. The van der Waals surface area contributed by atoms with Crippen molar-refractivity contribution in [3.05, 3.63) is 35.6 Å². The Morgan fingerprint density at radius 3 is 2.68 bits per heavy atom. The molecule has 2 N–H and O–H groups in total. The largest absolute Gasteiger partial charge is 0.381 e. The SMILES string of the molecule is CCOC1(C(N)Cc2ccccc2F)CCOCC1. The Labute approximate surface area is 113 Å². The van der Waals surface area contributed by atoms with Gasteiger partial charge in [0.25, 0.3) is 0 Å². The second-order valence-electron chi connectivity index (χ2n) is 5.01. The van der Waals surface area contributed by atoms with Crippen molar-refractivity contribution in [1.29, 1.82) is 0 Å². The molecular weight excluding hydrogens is 245 g/mol. The lowest BCUT2D eigenvalue weighted by Crippen LogP contribution is -2.54. The monoisotopic (exact) mass is 267 g/mol. The van der Waals surface area contributed by atoms with E-state index in [0.29, 0.717) is 31.8 Å². The molecule has 1 unspecified atom stereocenters. The summed E-state index contributed by atoms with van der Waals surface area (Å²) in [7, 11) is 0. The van der Waals surface area contributed by atoms with Crippen molar-refractivity contribution in [2.75, 3.05) is 19.8 Å². The number of halogens is 1. The van der Waals surface area contributed by atoms with E-state index in [0.717, 1.165) is 12.8 Å². The van der Waals surface area contributed by atoms with Crippen molar-refractivity contribution in [3.63, 3.8) is 0 Å². The molecule has 1 aliphatic rings. The molecular formula is C15H22FNO2. The van der Waals surface area contributed by atoms with Crippen LogP contribution in [0.15, 0.2) is 24.3 Å². The van der Waals surface area contributed by atoms with Crippen molar-refractivity contribution >= 4 is 0 Å². The number of nitrogens with two attached hydrogens (primary N) is 1. The average Bonchev–Trinajstić information content (AvgIpc) is 2.42. The van der Waals surface area contributed by atoms with Crippen molar-refractivity contribution in [3.8, 4) is 0 Å². The summed E-state index contributed by atoms with van der Waals surface area (Å²) >= 11 is 0. The van der Waals surface area contributed by atoms with Crippen LogP contribution in [0.2, 0.25) is 0 Å². The number of ether oxygens (including phenoxy) is 2. The van der Waals surface area contributed by atoms with Gasteiger partial charge in [-0.05, 0) is 25.0 Å². The quantitative estimate of drug-likeness (QED) is 0.890. The molecule has 0 bridgehead atoms. The number of rotatable bonds is 5. The summed E-state index contributed by atoms with van der Waals surface area (Å²) < 4.78 is 25.0. The van der Waals surface area contributed by atoms with E-state index in [4.69, 9.17) is 15.2 Å². The Morgan fingerprint density at radius 1 is 1.37 bits per heavy atom. The molecule has 4 heteroatoms. The van der Waals surface area contributed by atoms with Gasteiger partial charge in [-0.25, -0.2) is 4.39 Å². The molecule has 0 amide bonds. The van der Waals surface area contributed by atoms with E-state index in [9.17, 15) is 4.39 Å². The van der Waals surface area contributed by atoms with Crippen LogP contribution in [0, 0.1) is 5.82 Å². The van der Waals surface area contributed by atoms with E-state index >= 15 is 0 Å². The molecule has 0 saturated carbocycles. The molecule has 1 atom stereocenters. The fourth-order valence-corrected chi connectivity index (χ4v) is 2.71. The van der Waals surface area contributed by atoms with Crippen LogP contribution >= 0.6 is 0 Å². The molecule has 2 rings (SSSR count). The maximum Gasteiger partial charge on any atom is 0.126 e. The number of hydrogen-bond acceptors (Lipinski definition) is 3. The minimum absolute atomic E-state index is 0.198. The highest BCUT2D eigenvalue weighted by Gasteiger charge is 2.39. The van der Waals surface area contributed by atoms with E-state index < -0.39 is 0 Å². The van der Waals surface area contributed by atoms with E-state index in [-0.39, 0.29) is 17.5 Å². The molecule has 0 aromatic heterocycles. The van der Waals surface area contributed by atoms with Crippen molar-refractivity contribution < 1.29 is 13.9 Å². The maximum atomic E-state index is 13.7. The third kappa shape index (κ3) is 3.32.